The second kappa shape index (κ2) is 4.05. The number of rotatable bonds is 1. The third-order valence-corrected chi connectivity index (χ3v) is 3.80. The molecule has 0 aliphatic heterocycles. The summed E-state index contributed by atoms with van der Waals surface area (Å²) in [6, 6.07) is 8.14. The van der Waals surface area contributed by atoms with E-state index in [9.17, 15) is 4.79 Å². The molecule has 1 aliphatic rings. The normalized spacial score (nSPS) is 17.3. The van der Waals surface area contributed by atoms with Gasteiger partial charge in [-0.05, 0) is 30.4 Å². The largest absolute Gasteiger partial charge is 0.294 e. The molecule has 3 rings (SSSR count). The Balaban J connectivity index is 2.17. The van der Waals surface area contributed by atoms with Crippen LogP contribution >= 0.6 is 0 Å². The molecule has 0 radical (unpaired) electrons. The molecule has 3 nitrogen and oxygen atoms in total. The number of carbonyl (C=O) groups excluding carboxylic acids is 1. The zero-order valence-corrected chi connectivity index (χ0v) is 11.6. The minimum atomic E-state index is 0.0184. The summed E-state index contributed by atoms with van der Waals surface area (Å²) in [5.74, 6) is 0.214. The monoisotopic (exact) mass is 254 g/mol. The van der Waals surface area contributed by atoms with E-state index < -0.39 is 0 Å². The van der Waals surface area contributed by atoms with E-state index in [4.69, 9.17) is 0 Å². The quantitative estimate of drug-likeness (QED) is 0.782. The highest BCUT2D eigenvalue weighted by atomic mass is 16.1. The highest BCUT2D eigenvalue weighted by molar-refractivity contribution is 5.98. The second-order valence-corrected chi connectivity index (χ2v) is 6.14. The Morgan fingerprint density at radius 2 is 1.95 bits per heavy atom. The SMILES string of the molecule is Cc1ccccc1-n1ncc2c1CC(C)(C)CC2=O. The van der Waals surface area contributed by atoms with Gasteiger partial charge in [-0.2, -0.15) is 5.10 Å². The number of hydrogen-bond acceptors (Lipinski definition) is 2. The van der Waals surface area contributed by atoms with Crippen LogP contribution in [0.5, 0.6) is 0 Å². The van der Waals surface area contributed by atoms with Gasteiger partial charge in [0, 0.05) is 6.42 Å². The predicted octanol–water partition coefficient (Wildman–Crippen LogP) is 3.34. The Bertz CT molecular complexity index is 653. The summed E-state index contributed by atoms with van der Waals surface area (Å²) in [7, 11) is 0. The molecule has 0 spiro atoms. The van der Waals surface area contributed by atoms with Crippen LogP contribution in [0.25, 0.3) is 5.69 Å². The maximum absolute atomic E-state index is 12.2. The second-order valence-electron chi connectivity index (χ2n) is 6.14. The smallest absolute Gasteiger partial charge is 0.166 e. The molecule has 1 aliphatic carbocycles. The summed E-state index contributed by atoms with van der Waals surface area (Å²) < 4.78 is 1.93. The number of aryl methyl sites for hydroxylation is 1. The van der Waals surface area contributed by atoms with E-state index in [1.165, 1.54) is 5.56 Å². The van der Waals surface area contributed by atoms with E-state index in [-0.39, 0.29) is 11.2 Å². The van der Waals surface area contributed by atoms with Crippen LogP contribution in [-0.4, -0.2) is 15.6 Å². The van der Waals surface area contributed by atoms with Crippen molar-refractivity contribution in [2.45, 2.75) is 33.6 Å². The van der Waals surface area contributed by atoms with Gasteiger partial charge < -0.3 is 0 Å². The molecule has 3 heteroatoms. The first-order valence-electron chi connectivity index (χ1n) is 6.64. The molecular formula is C16H18N2O. The summed E-state index contributed by atoms with van der Waals surface area (Å²) in [5.41, 5.74) is 4.10. The van der Waals surface area contributed by atoms with Gasteiger partial charge in [0.2, 0.25) is 0 Å². The van der Waals surface area contributed by atoms with Crippen LogP contribution in [-0.2, 0) is 6.42 Å². The van der Waals surface area contributed by atoms with Crippen LogP contribution in [0.15, 0.2) is 30.5 Å². The van der Waals surface area contributed by atoms with Crippen molar-refractivity contribution in [1.82, 2.24) is 9.78 Å². The molecule has 98 valence electrons. The van der Waals surface area contributed by atoms with E-state index in [1.54, 1.807) is 6.20 Å². The number of carbonyl (C=O) groups is 1. The van der Waals surface area contributed by atoms with Crippen LogP contribution in [0.2, 0.25) is 0 Å². The molecule has 1 aromatic heterocycles. The minimum absolute atomic E-state index is 0.0184. The van der Waals surface area contributed by atoms with Crippen LogP contribution in [0, 0.1) is 12.3 Å². The fourth-order valence-electron chi connectivity index (χ4n) is 2.83. The van der Waals surface area contributed by atoms with E-state index in [0.29, 0.717) is 6.42 Å². The van der Waals surface area contributed by atoms with Crippen molar-refractivity contribution in [3.63, 3.8) is 0 Å². The van der Waals surface area contributed by atoms with Crippen molar-refractivity contribution < 1.29 is 4.79 Å². The predicted molar refractivity (Wildman–Crippen MR) is 74.7 cm³/mol. The van der Waals surface area contributed by atoms with Crippen LogP contribution < -0.4 is 0 Å². The van der Waals surface area contributed by atoms with Crippen LogP contribution in [0.3, 0.4) is 0 Å². The van der Waals surface area contributed by atoms with E-state index >= 15 is 0 Å². The Labute approximate surface area is 113 Å². The van der Waals surface area contributed by atoms with Gasteiger partial charge in [-0.15, -0.1) is 0 Å². The van der Waals surface area contributed by atoms with Gasteiger partial charge in [-0.1, -0.05) is 32.0 Å². The fourth-order valence-corrected chi connectivity index (χ4v) is 2.83. The molecule has 0 fully saturated rings. The third-order valence-electron chi connectivity index (χ3n) is 3.80. The minimum Gasteiger partial charge on any atom is -0.294 e. The number of benzene rings is 1. The summed E-state index contributed by atoms with van der Waals surface area (Å²) in [5, 5.41) is 4.44. The van der Waals surface area contributed by atoms with Crippen molar-refractivity contribution in [1.29, 1.82) is 0 Å². The number of nitrogens with zero attached hydrogens (tertiary/aromatic N) is 2. The lowest BCUT2D eigenvalue weighted by atomic mass is 9.76. The van der Waals surface area contributed by atoms with Crippen molar-refractivity contribution in [3.8, 4) is 5.69 Å². The zero-order chi connectivity index (χ0) is 13.6. The van der Waals surface area contributed by atoms with Gasteiger partial charge in [0.1, 0.15) is 0 Å². The van der Waals surface area contributed by atoms with Gasteiger partial charge in [-0.25, -0.2) is 4.68 Å². The lowest BCUT2D eigenvalue weighted by molar-refractivity contribution is 0.0911. The first kappa shape index (κ1) is 12.2. The molecule has 0 bridgehead atoms. The van der Waals surface area contributed by atoms with Crippen molar-refractivity contribution in [2.75, 3.05) is 0 Å². The molecule has 2 aromatic rings. The zero-order valence-electron chi connectivity index (χ0n) is 11.6. The summed E-state index contributed by atoms with van der Waals surface area (Å²) in [6.07, 6.45) is 3.22. The maximum Gasteiger partial charge on any atom is 0.166 e. The summed E-state index contributed by atoms with van der Waals surface area (Å²) in [4.78, 5) is 12.2. The fraction of sp³-hybridized carbons (Fsp3) is 0.375. The molecule has 0 amide bonds. The van der Waals surface area contributed by atoms with Crippen LogP contribution in [0.4, 0.5) is 0 Å². The third kappa shape index (κ3) is 1.99. The average molecular weight is 254 g/mol. The highest BCUT2D eigenvalue weighted by Crippen LogP contribution is 2.35. The number of para-hydroxylation sites is 1. The molecule has 1 aromatic carbocycles. The summed E-state index contributed by atoms with van der Waals surface area (Å²) in [6.45, 7) is 6.35. The van der Waals surface area contributed by atoms with Gasteiger partial charge in [-0.3, -0.25) is 4.79 Å². The van der Waals surface area contributed by atoms with Crippen molar-refractivity contribution >= 4 is 5.78 Å². The standard InChI is InChI=1S/C16H18N2O/c1-11-6-4-5-7-13(11)18-14-8-16(2,3)9-15(19)12(14)10-17-18/h4-7,10H,8-9H2,1-3H3. The number of fused-ring (bicyclic) bond motifs is 1. The van der Waals surface area contributed by atoms with E-state index in [2.05, 4.69) is 38.0 Å². The van der Waals surface area contributed by atoms with E-state index in [0.717, 1.165) is 23.4 Å². The van der Waals surface area contributed by atoms with Gasteiger partial charge in [0.25, 0.3) is 0 Å². The van der Waals surface area contributed by atoms with E-state index in [1.807, 2.05) is 16.8 Å². The number of ketones is 1. The lowest BCUT2D eigenvalue weighted by Gasteiger charge is -2.29. The first-order chi connectivity index (χ1) is 8.98. The van der Waals surface area contributed by atoms with Gasteiger partial charge in [0.05, 0.1) is 23.1 Å². The molecule has 0 atom stereocenters. The summed E-state index contributed by atoms with van der Waals surface area (Å²) >= 11 is 0. The average Bonchev–Trinajstić information content (AvgIpc) is 2.72. The maximum atomic E-state index is 12.2. The molecule has 0 N–H and O–H groups in total. The topological polar surface area (TPSA) is 34.9 Å². The van der Waals surface area contributed by atoms with Crippen molar-refractivity contribution in [2.24, 2.45) is 5.41 Å². The van der Waals surface area contributed by atoms with Gasteiger partial charge in [0.15, 0.2) is 5.78 Å². The molecule has 19 heavy (non-hydrogen) atoms. The number of hydrogen-bond donors (Lipinski definition) is 0. The number of Topliss-reactive ketones (excluding diaryl/α,β-unsaturated/α-hetero) is 1. The molecule has 0 saturated heterocycles. The number of aromatic nitrogens is 2. The highest BCUT2D eigenvalue weighted by Gasteiger charge is 2.34. The Morgan fingerprint density at radius 3 is 2.68 bits per heavy atom. The van der Waals surface area contributed by atoms with Crippen molar-refractivity contribution in [3.05, 3.63) is 47.3 Å². The first-order valence-corrected chi connectivity index (χ1v) is 6.64. The molecular weight excluding hydrogens is 236 g/mol. The Kier molecular flexibility index (Phi) is 2.59. The Hall–Kier alpha value is -1.90. The lowest BCUT2D eigenvalue weighted by Crippen LogP contribution is -2.28. The van der Waals surface area contributed by atoms with Gasteiger partial charge >= 0.3 is 0 Å². The molecule has 0 saturated carbocycles. The molecule has 0 unspecified atom stereocenters. The molecule has 1 heterocycles. The van der Waals surface area contributed by atoms with Crippen LogP contribution in [0.1, 0.15) is 41.9 Å². The Morgan fingerprint density at radius 1 is 1.21 bits per heavy atom.